The van der Waals surface area contributed by atoms with E-state index < -0.39 is 35.1 Å². The van der Waals surface area contributed by atoms with Gasteiger partial charge in [0, 0.05) is 5.54 Å². The Morgan fingerprint density at radius 2 is 1.91 bits per heavy atom. The lowest BCUT2D eigenvalue weighted by Crippen LogP contribution is -2.50. The summed E-state index contributed by atoms with van der Waals surface area (Å²) in [5, 5.41) is 2.95. The van der Waals surface area contributed by atoms with E-state index in [4.69, 9.17) is 15.9 Å². The minimum atomic E-state index is -1.16. The number of hydrogen-bond acceptors (Lipinski definition) is 7. The quantitative estimate of drug-likeness (QED) is 0.423. The van der Waals surface area contributed by atoms with E-state index in [2.05, 4.69) is 9.69 Å². The number of halogens is 1. The second-order valence-corrected chi connectivity index (χ2v) is 9.10. The summed E-state index contributed by atoms with van der Waals surface area (Å²) >= 11 is 0.709. The van der Waals surface area contributed by atoms with E-state index in [0.29, 0.717) is 29.3 Å². The van der Waals surface area contributed by atoms with Crippen molar-refractivity contribution >= 4 is 34.9 Å². The van der Waals surface area contributed by atoms with E-state index in [1.807, 2.05) is 20.8 Å². The molecule has 0 unspecified atom stereocenters. The number of carbonyl (C=O) groups is 3. The zero-order chi connectivity index (χ0) is 25.0. The molecular formula is C23H26FN5O4S. The highest BCUT2D eigenvalue weighted by atomic mass is 32.1. The monoisotopic (exact) mass is 487 g/mol. The normalized spacial score (nSPS) is 12.2. The molecule has 180 valence electrons. The number of nitrogens with two attached hydrogens (primary N) is 2. The predicted octanol–water partition coefficient (Wildman–Crippen LogP) is 3.24. The van der Waals surface area contributed by atoms with E-state index in [0.717, 1.165) is 0 Å². The minimum absolute atomic E-state index is 0.0463. The lowest BCUT2D eigenvalue weighted by molar-refractivity contribution is -0.127. The lowest BCUT2D eigenvalue weighted by Gasteiger charge is -2.34. The summed E-state index contributed by atoms with van der Waals surface area (Å²) in [5.41, 5.74) is 10.7. The molecule has 0 fully saturated rings. The summed E-state index contributed by atoms with van der Waals surface area (Å²) in [6.07, 6.45) is 2.07. The molecule has 2 aromatic heterocycles. The van der Waals surface area contributed by atoms with Crippen molar-refractivity contribution in [3.8, 4) is 0 Å². The molecule has 9 nitrogen and oxygen atoms in total. The van der Waals surface area contributed by atoms with Crippen LogP contribution in [0.25, 0.3) is 0 Å². The molecule has 1 atom stereocenters. The minimum Gasteiger partial charge on any atom is -0.467 e. The Morgan fingerprint density at radius 1 is 1.24 bits per heavy atom. The molecule has 0 saturated heterocycles. The van der Waals surface area contributed by atoms with Gasteiger partial charge >= 0.3 is 0 Å². The topological polar surface area (TPSA) is 145 Å². The Kier molecular flexibility index (Phi) is 7.35. The van der Waals surface area contributed by atoms with Crippen molar-refractivity contribution in [3.05, 3.63) is 70.4 Å². The molecule has 0 aliphatic carbocycles. The number of nitrogens with zero attached hydrogens (tertiary/aromatic N) is 2. The van der Waals surface area contributed by atoms with Crippen LogP contribution in [0.15, 0.2) is 47.1 Å². The van der Waals surface area contributed by atoms with E-state index in [9.17, 15) is 18.8 Å². The van der Waals surface area contributed by atoms with Crippen molar-refractivity contribution in [2.24, 2.45) is 5.73 Å². The second kappa shape index (κ2) is 10.0. The third kappa shape index (κ3) is 5.42. The SMILES string of the molecule is CCC(C)(C)NC(=O)[C@@H](c1ccc(F)cc1)N(Cc1ccco1)C(=O)c1snc(C(N)=O)c1N. The largest absolute Gasteiger partial charge is 0.467 e. The van der Waals surface area contributed by atoms with Crippen LogP contribution < -0.4 is 16.8 Å². The van der Waals surface area contributed by atoms with Gasteiger partial charge in [0.05, 0.1) is 18.5 Å². The molecule has 0 aliphatic rings. The van der Waals surface area contributed by atoms with Crippen LogP contribution in [0.3, 0.4) is 0 Å². The average molecular weight is 488 g/mol. The van der Waals surface area contributed by atoms with Crippen LogP contribution in [0.1, 0.15) is 64.7 Å². The summed E-state index contributed by atoms with van der Waals surface area (Å²) in [6.45, 7) is 5.52. The zero-order valence-electron chi connectivity index (χ0n) is 19.0. The Bertz CT molecular complexity index is 1170. The molecule has 1 aromatic carbocycles. The van der Waals surface area contributed by atoms with Crippen LogP contribution in [0.5, 0.6) is 0 Å². The fraction of sp³-hybridized carbons (Fsp3) is 0.304. The van der Waals surface area contributed by atoms with Crippen molar-refractivity contribution in [2.45, 2.75) is 45.3 Å². The second-order valence-electron chi connectivity index (χ2n) is 8.33. The van der Waals surface area contributed by atoms with Crippen molar-refractivity contribution < 1.29 is 23.2 Å². The average Bonchev–Trinajstić information content (AvgIpc) is 3.43. The van der Waals surface area contributed by atoms with E-state index >= 15 is 0 Å². The number of carbonyl (C=O) groups excluding carboxylic acids is 3. The summed E-state index contributed by atoms with van der Waals surface area (Å²) in [4.78, 5) is 40.1. The molecule has 2 heterocycles. The van der Waals surface area contributed by atoms with Crippen LogP contribution in [0.4, 0.5) is 10.1 Å². The maximum atomic E-state index is 13.7. The molecule has 3 amide bonds. The maximum absolute atomic E-state index is 13.7. The lowest BCUT2D eigenvalue weighted by atomic mass is 9.98. The molecular weight excluding hydrogens is 461 g/mol. The first-order valence-electron chi connectivity index (χ1n) is 10.5. The number of rotatable bonds is 9. The number of benzene rings is 1. The van der Waals surface area contributed by atoms with Gasteiger partial charge in [-0.05, 0) is 61.6 Å². The Hall–Kier alpha value is -3.73. The Balaban J connectivity index is 2.13. The highest BCUT2D eigenvalue weighted by Crippen LogP contribution is 2.31. The molecule has 0 saturated carbocycles. The van der Waals surface area contributed by atoms with Gasteiger partial charge in [-0.2, -0.15) is 4.37 Å². The van der Waals surface area contributed by atoms with Gasteiger partial charge < -0.3 is 26.1 Å². The van der Waals surface area contributed by atoms with Gasteiger partial charge in [-0.15, -0.1) is 0 Å². The van der Waals surface area contributed by atoms with Crippen LogP contribution in [0, 0.1) is 5.82 Å². The molecule has 3 rings (SSSR count). The van der Waals surface area contributed by atoms with Crippen molar-refractivity contribution in [1.82, 2.24) is 14.6 Å². The van der Waals surface area contributed by atoms with Gasteiger partial charge in [-0.25, -0.2) is 4.39 Å². The third-order valence-corrected chi connectivity index (χ3v) is 6.26. The van der Waals surface area contributed by atoms with Crippen molar-refractivity contribution in [2.75, 3.05) is 5.73 Å². The highest BCUT2D eigenvalue weighted by Gasteiger charge is 2.37. The van der Waals surface area contributed by atoms with E-state index in [1.54, 1.807) is 12.1 Å². The van der Waals surface area contributed by atoms with Crippen LogP contribution in [-0.4, -0.2) is 32.5 Å². The maximum Gasteiger partial charge on any atom is 0.270 e. The summed E-state index contributed by atoms with van der Waals surface area (Å²) in [6, 6.07) is 7.43. The Labute approximate surface area is 200 Å². The summed E-state index contributed by atoms with van der Waals surface area (Å²) in [7, 11) is 0. The third-order valence-electron chi connectivity index (χ3n) is 5.41. The van der Waals surface area contributed by atoms with E-state index in [-0.39, 0.29) is 22.8 Å². The van der Waals surface area contributed by atoms with Crippen LogP contribution in [0.2, 0.25) is 0 Å². The summed E-state index contributed by atoms with van der Waals surface area (Å²) in [5.74, 6) is -2.09. The predicted molar refractivity (Wildman–Crippen MR) is 125 cm³/mol. The van der Waals surface area contributed by atoms with Crippen LogP contribution >= 0.6 is 11.5 Å². The molecule has 3 aromatic rings. The number of primary amides is 1. The number of anilines is 1. The fourth-order valence-corrected chi connectivity index (χ4v) is 3.98. The molecule has 0 radical (unpaired) electrons. The molecule has 34 heavy (non-hydrogen) atoms. The Morgan fingerprint density at radius 3 is 2.44 bits per heavy atom. The fourth-order valence-electron chi connectivity index (χ4n) is 3.22. The first kappa shape index (κ1) is 24.9. The smallest absolute Gasteiger partial charge is 0.270 e. The first-order chi connectivity index (χ1) is 16.0. The standard InChI is InChI=1S/C23H26FN5O4S/c1-4-23(2,3)27-21(31)18(13-7-9-14(24)10-8-13)29(12-15-6-5-11-33-15)22(32)19-16(25)17(20(26)30)28-34-19/h5-11,18H,4,12,25H2,1-3H3,(H2,26,30)(H,27,31)/t18-/m1/s1. The molecule has 11 heteroatoms. The van der Waals surface area contributed by atoms with Gasteiger partial charge in [0.2, 0.25) is 5.91 Å². The molecule has 0 bridgehead atoms. The number of nitrogens with one attached hydrogen (secondary N) is 1. The zero-order valence-corrected chi connectivity index (χ0v) is 19.8. The van der Waals surface area contributed by atoms with Gasteiger partial charge in [0.15, 0.2) is 5.69 Å². The highest BCUT2D eigenvalue weighted by molar-refractivity contribution is 7.09. The van der Waals surface area contributed by atoms with Gasteiger partial charge in [-0.1, -0.05) is 19.1 Å². The number of nitrogen functional groups attached to an aromatic ring is 1. The molecule has 0 spiro atoms. The summed E-state index contributed by atoms with van der Waals surface area (Å²) < 4.78 is 23.0. The van der Waals surface area contributed by atoms with Gasteiger partial charge in [0.25, 0.3) is 11.8 Å². The van der Waals surface area contributed by atoms with E-state index in [1.165, 1.54) is 35.4 Å². The molecule has 0 aliphatic heterocycles. The van der Waals surface area contributed by atoms with Gasteiger partial charge in [-0.3, -0.25) is 14.4 Å². The van der Waals surface area contributed by atoms with Crippen LogP contribution in [-0.2, 0) is 11.3 Å². The number of furan rings is 1. The van der Waals surface area contributed by atoms with Gasteiger partial charge in [0.1, 0.15) is 22.5 Å². The number of amides is 3. The number of aromatic nitrogens is 1. The van der Waals surface area contributed by atoms with Crippen molar-refractivity contribution in [1.29, 1.82) is 0 Å². The number of hydrogen-bond donors (Lipinski definition) is 3. The molecule has 5 N–H and O–H groups in total. The van der Waals surface area contributed by atoms with Crippen molar-refractivity contribution in [3.63, 3.8) is 0 Å². The first-order valence-corrected chi connectivity index (χ1v) is 11.3.